The summed E-state index contributed by atoms with van der Waals surface area (Å²) in [5.41, 5.74) is 2.91. The van der Waals surface area contributed by atoms with E-state index in [-0.39, 0.29) is 0 Å². The van der Waals surface area contributed by atoms with Gasteiger partial charge in [-0.05, 0) is 74.4 Å². The Kier molecular flexibility index (Phi) is 5.26. The number of nitrogens with one attached hydrogen (secondary N) is 1. The molecule has 1 N–H and O–H groups in total. The Labute approximate surface area is 117 Å². The number of hydrogen-bond acceptors (Lipinski definition) is 2. The molecule has 19 heavy (non-hydrogen) atoms. The number of rotatable bonds is 6. The van der Waals surface area contributed by atoms with E-state index >= 15 is 0 Å². The van der Waals surface area contributed by atoms with Crippen LogP contribution in [0.4, 0.5) is 0 Å². The predicted molar refractivity (Wildman–Crippen MR) is 81.0 cm³/mol. The second-order valence-electron chi connectivity index (χ2n) is 5.72. The molecule has 2 unspecified atom stereocenters. The highest BCUT2D eigenvalue weighted by atomic mass is 16.5. The van der Waals surface area contributed by atoms with Gasteiger partial charge in [-0.25, -0.2) is 0 Å². The molecule has 0 amide bonds. The first-order valence-corrected chi connectivity index (χ1v) is 7.61. The maximum Gasteiger partial charge on any atom is 0.119 e. The van der Waals surface area contributed by atoms with Crippen molar-refractivity contribution in [2.75, 3.05) is 20.2 Å². The number of benzene rings is 1. The first-order chi connectivity index (χ1) is 9.26. The summed E-state index contributed by atoms with van der Waals surface area (Å²) in [5, 5.41) is 3.59. The van der Waals surface area contributed by atoms with Crippen molar-refractivity contribution in [3.05, 3.63) is 29.3 Å². The van der Waals surface area contributed by atoms with Gasteiger partial charge in [0.05, 0.1) is 7.11 Å². The third-order valence-electron chi connectivity index (χ3n) is 4.37. The molecule has 0 heterocycles. The Bertz CT molecular complexity index is 402. The minimum absolute atomic E-state index is 0.732. The summed E-state index contributed by atoms with van der Waals surface area (Å²) in [6.45, 7) is 6.76. The summed E-state index contributed by atoms with van der Waals surface area (Å²) < 4.78 is 5.31. The zero-order valence-corrected chi connectivity index (χ0v) is 12.5. The summed E-state index contributed by atoms with van der Waals surface area (Å²) in [6.07, 6.45) is 5.30. The van der Waals surface area contributed by atoms with Gasteiger partial charge in [-0.3, -0.25) is 0 Å². The monoisotopic (exact) mass is 261 g/mol. The zero-order chi connectivity index (χ0) is 13.7. The minimum atomic E-state index is 0.732. The van der Waals surface area contributed by atoms with E-state index in [2.05, 4.69) is 37.4 Å². The molecule has 0 aromatic heterocycles. The van der Waals surface area contributed by atoms with Crippen LogP contribution in [0.5, 0.6) is 5.75 Å². The summed E-state index contributed by atoms with van der Waals surface area (Å²) in [6, 6.07) is 6.55. The molecule has 1 aromatic rings. The molecule has 0 radical (unpaired) electrons. The van der Waals surface area contributed by atoms with Crippen molar-refractivity contribution in [2.24, 2.45) is 5.92 Å². The number of hydrogen-bond donors (Lipinski definition) is 1. The van der Waals surface area contributed by atoms with E-state index < -0.39 is 0 Å². The molecule has 1 aromatic carbocycles. The smallest absolute Gasteiger partial charge is 0.119 e. The molecule has 0 spiro atoms. The van der Waals surface area contributed by atoms with E-state index in [1.165, 1.54) is 43.4 Å². The molecule has 0 bridgehead atoms. The van der Waals surface area contributed by atoms with Gasteiger partial charge in [0.1, 0.15) is 5.75 Å². The topological polar surface area (TPSA) is 21.3 Å². The molecule has 106 valence electrons. The number of ether oxygens (including phenoxy) is 1. The molecule has 2 rings (SSSR count). The second-order valence-corrected chi connectivity index (χ2v) is 5.72. The molecule has 0 saturated heterocycles. The summed E-state index contributed by atoms with van der Waals surface area (Å²) in [5.74, 6) is 2.51. The van der Waals surface area contributed by atoms with Crippen LogP contribution in [0.15, 0.2) is 18.2 Å². The van der Waals surface area contributed by atoms with E-state index in [4.69, 9.17) is 4.74 Å². The molecule has 1 saturated carbocycles. The Morgan fingerprint density at radius 3 is 2.84 bits per heavy atom. The van der Waals surface area contributed by atoms with Crippen molar-refractivity contribution in [2.45, 2.75) is 45.4 Å². The van der Waals surface area contributed by atoms with Crippen LogP contribution < -0.4 is 10.1 Å². The molecule has 2 heteroatoms. The van der Waals surface area contributed by atoms with E-state index in [1.54, 1.807) is 7.11 Å². The van der Waals surface area contributed by atoms with Crippen LogP contribution in [0, 0.1) is 12.8 Å². The van der Waals surface area contributed by atoms with Crippen LogP contribution in [-0.2, 0) is 0 Å². The first kappa shape index (κ1) is 14.4. The third-order valence-corrected chi connectivity index (χ3v) is 4.37. The van der Waals surface area contributed by atoms with Crippen molar-refractivity contribution in [3.63, 3.8) is 0 Å². The van der Waals surface area contributed by atoms with Gasteiger partial charge in [-0.15, -0.1) is 0 Å². The van der Waals surface area contributed by atoms with Gasteiger partial charge < -0.3 is 10.1 Å². The number of aryl methyl sites for hydroxylation is 1. The third kappa shape index (κ3) is 3.50. The van der Waals surface area contributed by atoms with Crippen LogP contribution in [0.1, 0.15) is 49.7 Å². The maximum absolute atomic E-state index is 5.31. The van der Waals surface area contributed by atoms with Gasteiger partial charge in [0.15, 0.2) is 0 Å². The maximum atomic E-state index is 5.31. The molecular weight excluding hydrogens is 234 g/mol. The van der Waals surface area contributed by atoms with Crippen molar-refractivity contribution in [1.29, 1.82) is 0 Å². The highest BCUT2D eigenvalue weighted by molar-refractivity contribution is 5.37. The summed E-state index contributed by atoms with van der Waals surface area (Å²) in [7, 11) is 1.74. The normalized spacial score (nSPS) is 22.7. The minimum Gasteiger partial charge on any atom is -0.497 e. The van der Waals surface area contributed by atoms with Crippen LogP contribution in [0.3, 0.4) is 0 Å². The van der Waals surface area contributed by atoms with Gasteiger partial charge in [-0.2, -0.15) is 0 Å². The van der Waals surface area contributed by atoms with Gasteiger partial charge >= 0.3 is 0 Å². The van der Waals surface area contributed by atoms with Crippen molar-refractivity contribution in [3.8, 4) is 5.75 Å². The van der Waals surface area contributed by atoms with Crippen molar-refractivity contribution < 1.29 is 4.74 Å². The Balaban J connectivity index is 2.06. The SMILES string of the molecule is CCCNCC1CCCC1c1ccc(OC)cc1C. The van der Waals surface area contributed by atoms with Gasteiger partial charge in [0, 0.05) is 0 Å². The van der Waals surface area contributed by atoms with Crippen LogP contribution in [-0.4, -0.2) is 20.2 Å². The largest absolute Gasteiger partial charge is 0.497 e. The fourth-order valence-corrected chi connectivity index (χ4v) is 3.35. The van der Waals surface area contributed by atoms with E-state index in [0.717, 1.165) is 24.1 Å². The van der Waals surface area contributed by atoms with Crippen molar-refractivity contribution in [1.82, 2.24) is 5.32 Å². The highest BCUT2D eigenvalue weighted by Gasteiger charge is 2.29. The summed E-state index contributed by atoms with van der Waals surface area (Å²) in [4.78, 5) is 0. The van der Waals surface area contributed by atoms with Crippen LogP contribution >= 0.6 is 0 Å². The Hall–Kier alpha value is -1.02. The second kappa shape index (κ2) is 6.95. The molecule has 2 nitrogen and oxygen atoms in total. The molecule has 0 aliphatic heterocycles. The fourth-order valence-electron chi connectivity index (χ4n) is 3.35. The standard InChI is InChI=1S/C17H27NO/c1-4-10-18-12-14-6-5-7-17(14)16-9-8-15(19-3)11-13(16)2/h8-9,11,14,17-18H,4-7,10,12H2,1-3H3. The average Bonchev–Trinajstić information content (AvgIpc) is 2.87. The van der Waals surface area contributed by atoms with Gasteiger partial charge in [0.2, 0.25) is 0 Å². The van der Waals surface area contributed by atoms with E-state index in [9.17, 15) is 0 Å². The highest BCUT2D eigenvalue weighted by Crippen LogP contribution is 2.41. The fraction of sp³-hybridized carbons (Fsp3) is 0.647. The molecule has 1 aliphatic rings. The lowest BCUT2D eigenvalue weighted by atomic mass is 9.86. The van der Waals surface area contributed by atoms with Crippen LogP contribution in [0.25, 0.3) is 0 Å². The summed E-state index contributed by atoms with van der Waals surface area (Å²) >= 11 is 0. The van der Waals surface area contributed by atoms with E-state index in [1.807, 2.05) is 0 Å². The lowest BCUT2D eigenvalue weighted by Crippen LogP contribution is -2.25. The number of methoxy groups -OCH3 is 1. The Morgan fingerprint density at radius 1 is 1.32 bits per heavy atom. The molecular formula is C17H27NO. The van der Waals surface area contributed by atoms with Crippen molar-refractivity contribution >= 4 is 0 Å². The van der Waals surface area contributed by atoms with Gasteiger partial charge in [-0.1, -0.05) is 19.4 Å². The molecule has 1 aliphatic carbocycles. The first-order valence-electron chi connectivity index (χ1n) is 7.61. The molecule has 1 fully saturated rings. The zero-order valence-electron chi connectivity index (χ0n) is 12.5. The average molecular weight is 261 g/mol. The van der Waals surface area contributed by atoms with E-state index in [0.29, 0.717) is 0 Å². The predicted octanol–water partition coefficient (Wildman–Crippen LogP) is 3.89. The lowest BCUT2D eigenvalue weighted by molar-refractivity contribution is 0.412. The Morgan fingerprint density at radius 2 is 2.16 bits per heavy atom. The van der Waals surface area contributed by atoms with Gasteiger partial charge in [0.25, 0.3) is 0 Å². The van der Waals surface area contributed by atoms with Crippen LogP contribution in [0.2, 0.25) is 0 Å². The molecule has 2 atom stereocenters. The quantitative estimate of drug-likeness (QED) is 0.784. The lowest BCUT2D eigenvalue weighted by Gasteiger charge is -2.22.